The standard InChI is InChI=1S/2C4H6N2O2/c7-3-1-5-4(8)2-6-3;7-3-4(8)6-2-1-5-3/h1-2H2,(H,5,8)(H,6,7);1-2H2,(H,5,7)(H,6,8). The van der Waals surface area contributed by atoms with Gasteiger partial charge in [-0.1, -0.05) is 0 Å². The van der Waals surface area contributed by atoms with Crippen molar-refractivity contribution in [3.05, 3.63) is 0 Å². The van der Waals surface area contributed by atoms with Gasteiger partial charge >= 0.3 is 11.8 Å². The number of rotatable bonds is 0. The number of hydrogen-bond donors (Lipinski definition) is 4. The van der Waals surface area contributed by atoms with E-state index >= 15 is 0 Å². The van der Waals surface area contributed by atoms with Crippen molar-refractivity contribution in [2.75, 3.05) is 26.2 Å². The second-order valence-electron chi connectivity index (χ2n) is 3.07. The zero-order valence-corrected chi connectivity index (χ0v) is 8.46. The molecule has 0 saturated carbocycles. The number of amides is 4. The predicted molar refractivity (Wildman–Crippen MR) is 52.0 cm³/mol. The molecule has 0 aromatic carbocycles. The molecule has 2 aliphatic heterocycles. The highest BCUT2D eigenvalue weighted by Crippen LogP contribution is 1.73. The van der Waals surface area contributed by atoms with E-state index in [1.807, 2.05) is 0 Å². The van der Waals surface area contributed by atoms with E-state index in [0.29, 0.717) is 13.1 Å². The number of carbonyl (C=O) groups is 4. The van der Waals surface area contributed by atoms with Crippen LogP contribution in [-0.4, -0.2) is 49.8 Å². The second-order valence-corrected chi connectivity index (χ2v) is 3.07. The third-order valence-electron chi connectivity index (χ3n) is 1.79. The van der Waals surface area contributed by atoms with Crippen LogP contribution < -0.4 is 21.3 Å². The Balaban J connectivity index is 0.000000160. The van der Waals surface area contributed by atoms with Gasteiger partial charge in [0.15, 0.2) is 0 Å². The average Bonchev–Trinajstić information content (AvgIpc) is 2.28. The van der Waals surface area contributed by atoms with Crippen LogP contribution >= 0.6 is 0 Å². The van der Waals surface area contributed by atoms with Crippen molar-refractivity contribution in [1.82, 2.24) is 21.3 Å². The minimum Gasteiger partial charge on any atom is -0.346 e. The smallest absolute Gasteiger partial charge is 0.309 e. The van der Waals surface area contributed by atoms with Gasteiger partial charge in [-0.05, 0) is 0 Å². The summed E-state index contributed by atoms with van der Waals surface area (Å²) >= 11 is 0. The Hall–Kier alpha value is -2.12. The lowest BCUT2D eigenvalue weighted by atomic mass is 10.4. The Labute approximate surface area is 91.1 Å². The van der Waals surface area contributed by atoms with Gasteiger partial charge in [0.2, 0.25) is 11.8 Å². The maximum Gasteiger partial charge on any atom is 0.309 e. The van der Waals surface area contributed by atoms with E-state index in [1.165, 1.54) is 0 Å². The topological polar surface area (TPSA) is 116 Å². The van der Waals surface area contributed by atoms with E-state index in [1.54, 1.807) is 0 Å². The number of piperazine rings is 2. The fraction of sp³-hybridized carbons (Fsp3) is 0.500. The van der Waals surface area contributed by atoms with Gasteiger partial charge in [-0.3, -0.25) is 19.2 Å². The lowest BCUT2D eigenvalue weighted by Gasteiger charge is -2.10. The normalized spacial score (nSPS) is 19.5. The SMILES string of the molecule is O=C1CNC(=O)CN1.O=C1NCCNC1=O. The van der Waals surface area contributed by atoms with Crippen molar-refractivity contribution in [3.8, 4) is 0 Å². The first-order chi connectivity index (χ1) is 7.59. The Morgan fingerprint density at radius 2 is 1.00 bits per heavy atom. The van der Waals surface area contributed by atoms with Gasteiger partial charge in [0, 0.05) is 13.1 Å². The van der Waals surface area contributed by atoms with Crippen molar-refractivity contribution in [3.63, 3.8) is 0 Å². The third-order valence-corrected chi connectivity index (χ3v) is 1.79. The molecular formula is C8H12N4O4. The van der Waals surface area contributed by atoms with Crippen LogP contribution in [-0.2, 0) is 19.2 Å². The van der Waals surface area contributed by atoms with Crippen LogP contribution in [0.3, 0.4) is 0 Å². The van der Waals surface area contributed by atoms with Crippen molar-refractivity contribution >= 4 is 23.6 Å². The molecule has 2 aliphatic rings. The summed E-state index contributed by atoms with van der Waals surface area (Å²) in [6.45, 7) is 1.34. The van der Waals surface area contributed by atoms with Gasteiger partial charge in [-0.25, -0.2) is 0 Å². The maximum atomic E-state index is 10.3. The average molecular weight is 228 g/mol. The minimum atomic E-state index is -0.531. The molecule has 4 N–H and O–H groups in total. The van der Waals surface area contributed by atoms with Crippen LogP contribution in [0.25, 0.3) is 0 Å². The summed E-state index contributed by atoms with van der Waals surface area (Å²) in [7, 11) is 0. The third kappa shape index (κ3) is 3.95. The Morgan fingerprint density at radius 3 is 1.25 bits per heavy atom. The Bertz CT molecular complexity index is 284. The molecule has 0 radical (unpaired) electrons. The van der Waals surface area contributed by atoms with Crippen LogP contribution in [0, 0.1) is 0 Å². The van der Waals surface area contributed by atoms with Gasteiger partial charge in [0.05, 0.1) is 13.1 Å². The van der Waals surface area contributed by atoms with E-state index in [9.17, 15) is 19.2 Å². The summed E-state index contributed by atoms with van der Waals surface area (Å²) in [5, 5.41) is 9.52. The molecule has 2 rings (SSSR count). The van der Waals surface area contributed by atoms with Crippen molar-refractivity contribution < 1.29 is 19.2 Å². The molecule has 16 heavy (non-hydrogen) atoms. The molecule has 0 bridgehead atoms. The van der Waals surface area contributed by atoms with E-state index in [4.69, 9.17) is 0 Å². The summed E-state index contributed by atoms with van der Waals surface area (Å²) in [6, 6.07) is 0. The van der Waals surface area contributed by atoms with Gasteiger partial charge in [-0.15, -0.1) is 0 Å². The lowest BCUT2D eigenvalue weighted by Crippen LogP contribution is -2.49. The molecule has 2 fully saturated rings. The summed E-state index contributed by atoms with van der Waals surface area (Å²) in [5.74, 6) is -1.30. The molecule has 0 aliphatic carbocycles. The maximum absolute atomic E-state index is 10.3. The first-order valence-corrected chi connectivity index (χ1v) is 4.69. The van der Waals surface area contributed by atoms with Crippen molar-refractivity contribution in [2.45, 2.75) is 0 Å². The monoisotopic (exact) mass is 228 g/mol. The second kappa shape index (κ2) is 5.69. The molecule has 88 valence electrons. The lowest BCUT2D eigenvalue weighted by molar-refractivity contribution is -0.140. The van der Waals surface area contributed by atoms with E-state index in [-0.39, 0.29) is 24.9 Å². The molecule has 4 amide bonds. The minimum absolute atomic E-state index is 0.121. The molecule has 0 aromatic heterocycles. The predicted octanol–water partition coefficient (Wildman–Crippen LogP) is -3.54. The van der Waals surface area contributed by atoms with Gasteiger partial charge in [0.25, 0.3) is 0 Å². The summed E-state index contributed by atoms with van der Waals surface area (Å²) in [4.78, 5) is 41.1. The molecule has 2 saturated heterocycles. The number of carbonyl (C=O) groups excluding carboxylic acids is 4. The molecular weight excluding hydrogens is 216 g/mol. The van der Waals surface area contributed by atoms with E-state index < -0.39 is 11.8 Å². The first-order valence-electron chi connectivity index (χ1n) is 4.69. The Morgan fingerprint density at radius 1 is 0.625 bits per heavy atom. The van der Waals surface area contributed by atoms with Crippen LogP contribution in [0.4, 0.5) is 0 Å². The quantitative estimate of drug-likeness (QED) is 0.321. The highest BCUT2D eigenvalue weighted by atomic mass is 16.2. The highest BCUT2D eigenvalue weighted by Gasteiger charge is 2.15. The van der Waals surface area contributed by atoms with Gasteiger partial charge < -0.3 is 21.3 Å². The zero-order valence-electron chi connectivity index (χ0n) is 8.46. The van der Waals surface area contributed by atoms with Crippen LogP contribution in [0.2, 0.25) is 0 Å². The van der Waals surface area contributed by atoms with E-state index in [0.717, 1.165) is 0 Å². The number of hydrogen-bond acceptors (Lipinski definition) is 4. The van der Waals surface area contributed by atoms with Crippen LogP contribution in [0.5, 0.6) is 0 Å². The molecule has 8 heteroatoms. The fourth-order valence-corrected chi connectivity index (χ4v) is 0.995. The molecule has 0 unspecified atom stereocenters. The largest absolute Gasteiger partial charge is 0.346 e. The molecule has 8 nitrogen and oxygen atoms in total. The first kappa shape index (κ1) is 12.0. The van der Waals surface area contributed by atoms with Crippen molar-refractivity contribution in [1.29, 1.82) is 0 Å². The summed E-state index contributed by atoms with van der Waals surface area (Å²) < 4.78 is 0. The van der Waals surface area contributed by atoms with Gasteiger partial charge in [-0.2, -0.15) is 0 Å². The fourth-order valence-electron chi connectivity index (χ4n) is 0.995. The van der Waals surface area contributed by atoms with Gasteiger partial charge in [0.1, 0.15) is 0 Å². The summed E-state index contributed by atoms with van der Waals surface area (Å²) in [6.07, 6.45) is 0. The summed E-state index contributed by atoms with van der Waals surface area (Å²) in [5.41, 5.74) is 0. The molecule has 0 aromatic rings. The van der Waals surface area contributed by atoms with E-state index in [2.05, 4.69) is 21.3 Å². The molecule has 0 spiro atoms. The van der Waals surface area contributed by atoms with Crippen molar-refractivity contribution in [2.24, 2.45) is 0 Å². The molecule has 2 heterocycles. The molecule has 0 atom stereocenters. The van der Waals surface area contributed by atoms with Crippen LogP contribution in [0.15, 0.2) is 0 Å². The highest BCUT2D eigenvalue weighted by molar-refractivity contribution is 6.35. The van der Waals surface area contributed by atoms with Crippen LogP contribution in [0.1, 0.15) is 0 Å². The zero-order chi connectivity index (χ0) is 12.0. The Kier molecular flexibility index (Phi) is 4.25. The number of nitrogens with one attached hydrogen (secondary N) is 4.